The fraction of sp³-hybridized carbons (Fsp3) is 0.865. The number of sulfonamides is 1. The maximum Gasteiger partial charge on any atom is 0.315 e. The molecule has 1 heterocycles. The molecular weight excluding hydrogens is 673 g/mol. The number of likely N-dealkylation sites (tertiary alicyclic amines) is 1. The van der Waals surface area contributed by atoms with E-state index in [-0.39, 0.29) is 35.1 Å². The molecule has 14 heteroatoms. The van der Waals surface area contributed by atoms with E-state index in [1.165, 1.54) is 4.31 Å². The molecule has 1 saturated heterocycles. The van der Waals surface area contributed by atoms with Gasteiger partial charge in [0.05, 0.1) is 17.3 Å². The van der Waals surface area contributed by atoms with E-state index in [0.717, 1.165) is 64.2 Å². The minimum atomic E-state index is -3.62. The molecule has 6 fully saturated rings. The number of carbonyl (C=O) groups excluding carboxylic acids is 5. The van der Waals surface area contributed by atoms with Gasteiger partial charge in [-0.3, -0.25) is 19.2 Å². The van der Waals surface area contributed by atoms with Crippen molar-refractivity contribution < 1.29 is 32.4 Å². The number of nitrogens with one attached hydrogen (secondary N) is 4. The van der Waals surface area contributed by atoms with Crippen LogP contribution < -0.4 is 21.3 Å². The Morgan fingerprint density at radius 1 is 0.922 bits per heavy atom. The van der Waals surface area contributed by atoms with E-state index in [0.29, 0.717) is 31.7 Å². The normalized spacial score (nSPS) is 27.9. The molecule has 51 heavy (non-hydrogen) atoms. The van der Waals surface area contributed by atoms with Crippen LogP contribution in [0.15, 0.2) is 0 Å². The Balaban J connectivity index is 1.17. The lowest BCUT2D eigenvalue weighted by Crippen LogP contribution is -2.64. The first kappa shape index (κ1) is 38.0. The molecule has 0 aromatic carbocycles. The topological polar surface area (TPSA) is 174 Å². The van der Waals surface area contributed by atoms with Gasteiger partial charge < -0.3 is 26.2 Å². The highest BCUT2D eigenvalue weighted by molar-refractivity contribution is 7.89. The number of nitrogens with zero attached hydrogens (tertiary/aromatic N) is 2. The van der Waals surface area contributed by atoms with Gasteiger partial charge in [-0.2, -0.15) is 0 Å². The third kappa shape index (κ3) is 8.57. The molecule has 5 aliphatic carbocycles. The molecular formula is C37H60N6O7S. The van der Waals surface area contributed by atoms with Crippen LogP contribution in [0, 0.1) is 28.6 Å². The summed E-state index contributed by atoms with van der Waals surface area (Å²) in [5.74, 6) is -1.92. The number of rotatable bonds is 15. The predicted octanol–water partition coefficient (Wildman–Crippen LogP) is 2.83. The third-order valence-corrected chi connectivity index (χ3v) is 14.7. The van der Waals surface area contributed by atoms with E-state index < -0.39 is 68.6 Å². The first-order valence-corrected chi connectivity index (χ1v) is 20.9. The Morgan fingerprint density at radius 2 is 1.57 bits per heavy atom. The van der Waals surface area contributed by atoms with Crippen molar-refractivity contribution in [2.24, 2.45) is 28.6 Å². The van der Waals surface area contributed by atoms with Gasteiger partial charge in [-0.05, 0) is 80.0 Å². The van der Waals surface area contributed by atoms with Gasteiger partial charge in [-0.25, -0.2) is 17.5 Å². The summed E-state index contributed by atoms with van der Waals surface area (Å²) in [5.41, 5.74) is -1.89. The van der Waals surface area contributed by atoms with Crippen molar-refractivity contribution in [2.75, 3.05) is 19.3 Å². The molecule has 1 aliphatic heterocycles. The fourth-order valence-corrected chi connectivity index (χ4v) is 10.6. The molecule has 5 amide bonds. The SMILES string of the molecule is CN(C1CC1)S(=O)(=O)CC1(NC(=O)N[C@H](C(=O)N2C[C@H]3[C@@H](C2C(=O)N[C@@H](CCC2CC2)C(=O)C(=O)NC2CC2)C3(C)C)C(C)(C)C)CCCCC1. The van der Waals surface area contributed by atoms with Crippen molar-refractivity contribution in [3.8, 4) is 0 Å². The van der Waals surface area contributed by atoms with Gasteiger partial charge in [0.25, 0.3) is 5.91 Å². The van der Waals surface area contributed by atoms with Gasteiger partial charge in [0, 0.05) is 25.7 Å². The second kappa shape index (κ2) is 13.9. The quantitative estimate of drug-likeness (QED) is 0.187. The standard InChI is InChI=1S/C37H60N6O7S/c1-35(2,3)30(40-34(48)41-37(18-8-7-9-19-37)21-51(49,50)42(6)24-15-16-24)33(47)43-20-25-27(36(25,4)5)28(43)31(45)39-26(17-12-22-10-11-22)29(44)32(46)38-23-13-14-23/h22-28,30H,7-21H2,1-6H3,(H,38,46)(H,39,45)(H2,40,41,48)/t25-,26-,27-,28?,30+/m0/s1. The first-order chi connectivity index (χ1) is 23.8. The minimum Gasteiger partial charge on any atom is -0.347 e. The molecule has 6 aliphatic rings. The van der Waals surface area contributed by atoms with Gasteiger partial charge in [0.2, 0.25) is 27.6 Å². The van der Waals surface area contributed by atoms with Gasteiger partial charge in [0.15, 0.2) is 0 Å². The van der Waals surface area contributed by atoms with Crippen LogP contribution >= 0.6 is 0 Å². The molecule has 5 saturated carbocycles. The summed E-state index contributed by atoms with van der Waals surface area (Å²) in [6, 6.07) is -3.43. The summed E-state index contributed by atoms with van der Waals surface area (Å²) in [6.07, 6.45) is 10.2. The van der Waals surface area contributed by atoms with Crippen LogP contribution in [-0.4, -0.2) is 102 Å². The highest BCUT2D eigenvalue weighted by atomic mass is 32.2. The molecule has 0 radical (unpaired) electrons. The lowest BCUT2D eigenvalue weighted by Gasteiger charge is -2.41. The van der Waals surface area contributed by atoms with Gasteiger partial charge in [0.1, 0.15) is 12.1 Å². The Labute approximate surface area is 303 Å². The van der Waals surface area contributed by atoms with E-state index in [4.69, 9.17) is 0 Å². The second-order valence-electron chi connectivity index (χ2n) is 18.3. The van der Waals surface area contributed by atoms with Crippen LogP contribution in [0.25, 0.3) is 0 Å². The monoisotopic (exact) mass is 732 g/mol. The van der Waals surface area contributed by atoms with Crippen LogP contribution in [-0.2, 0) is 29.2 Å². The zero-order valence-electron chi connectivity index (χ0n) is 31.4. The molecule has 0 aromatic rings. The van der Waals surface area contributed by atoms with Crippen LogP contribution in [0.1, 0.15) is 118 Å². The summed E-state index contributed by atoms with van der Waals surface area (Å²) in [5, 5.41) is 11.6. The number of hydrogen-bond acceptors (Lipinski definition) is 7. The van der Waals surface area contributed by atoms with E-state index in [9.17, 15) is 32.4 Å². The van der Waals surface area contributed by atoms with E-state index >= 15 is 0 Å². The van der Waals surface area contributed by atoms with Crippen molar-refractivity contribution in [1.82, 2.24) is 30.5 Å². The molecule has 0 spiro atoms. The summed E-state index contributed by atoms with van der Waals surface area (Å²) in [6.45, 7) is 10.0. The van der Waals surface area contributed by atoms with Crippen molar-refractivity contribution in [2.45, 2.75) is 154 Å². The largest absolute Gasteiger partial charge is 0.347 e. The van der Waals surface area contributed by atoms with Gasteiger partial charge in [-0.1, -0.05) is 66.7 Å². The van der Waals surface area contributed by atoms with Crippen molar-refractivity contribution in [3.05, 3.63) is 0 Å². The number of hydrogen-bond donors (Lipinski definition) is 4. The zero-order chi connectivity index (χ0) is 37.1. The van der Waals surface area contributed by atoms with Gasteiger partial charge in [-0.15, -0.1) is 0 Å². The molecule has 1 unspecified atom stereocenters. The number of Topliss-reactive ketones (excluding diaryl/α,β-unsaturated/α-hetero) is 1. The summed E-state index contributed by atoms with van der Waals surface area (Å²) >= 11 is 0. The number of ketones is 1. The van der Waals surface area contributed by atoms with Crippen molar-refractivity contribution in [1.29, 1.82) is 0 Å². The van der Waals surface area contributed by atoms with Gasteiger partial charge >= 0.3 is 6.03 Å². The molecule has 0 aromatic heterocycles. The summed E-state index contributed by atoms with van der Waals surface area (Å²) in [4.78, 5) is 70.3. The maximum atomic E-state index is 14.5. The third-order valence-electron chi connectivity index (χ3n) is 12.6. The van der Waals surface area contributed by atoms with Crippen LogP contribution in [0.5, 0.6) is 0 Å². The Hall–Kier alpha value is -2.74. The summed E-state index contributed by atoms with van der Waals surface area (Å²) < 4.78 is 28.3. The van der Waals surface area contributed by atoms with E-state index in [2.05, 4.69) is 35.1 Å². The number of amides is 5. The van der Waals surface area contributed by atoms with Crippen molar-refractivity contribution >= 4 is 39.6 Å². The average molecular weight is 733 g/mol. The predicted molar refractivity (Wildman–Crippen MR) is 192 cm³/mol. The fourth-order valence-electron chi connectivity index (χ4n) is 8.66. The smallest absolute Gasteiger partial charge is 0.315 e. The van der Waals surface area contributed by atoms with Crippen LogP contribution in [0.3, 0.4) is 0 Å². The van der Waals surface area contributed by atoms with Crippen LogP contribution in [0.4, 0.5) is 4.79 Å². The number of carbonyl (C=O) groups is 5. The highest BCUT2D eigenvalue weighted by Gasteiger charge is 2.70. The summed E-state index contributed by atoms with van der Waals surface area (Å²) in [7, 11) is -2.01. The lowest BCUT2D eigenvalue weighted by molar-refractivity contribution is -0.145. The first-order valence-electron chi connectivity index (χ1n) is 19.3. The van der Waals surface area contributed by atoms with Crippen molar-refractivity contribution in [3.63, 3.8) is 0 Å². The molecule has 286 valence electrons. The number of piperidine rings is 1. The molecule has 5 atom stereocenters. The second-order valence-corrected chi connectivity index (χ2v) is 20.4. The Kier molecular flexibility index (Phi) is 10.4. The number of urea groups is 1. The minimum absolute atomic E-state index is 0.0118. The number of fused-ring (bicyclic) bond motifs is 1. The Morgan fingerprint density at radius 3 is 2.14 bits per heavy atom. The van der Waals surface area contributed by atoms with E-state index in [1.807, 2.05) is 20.8 Å². The Bertz CT molecular complexity index is 1510. The van der Waals surface area contributed by atoms with Crippen LogP contribution in [0.2, 0.25) is 0 Å². The molecule has 4 N–H and O–H groups in total. The van der Waals surface area contributed by atoms with E-state index in [1.54, 1.807) is 11.9 Å². The zero-order valence-corrected chi connectivity index (χ0v) is 32.2. The highest BCUT2D eigenvalue weighted by Crippen LogP contribution is 2.65. The molecule has 6 rings (SSSR count). The lowest BCUT2D eigenvalue weighted by atomic mass is 9.83. The average Bonchev–Trinajstić information content (AvgIpc) is 3.84. The molecule has 0 bridgehead atoms. The maximum absolute atomic E-state index is 14.5. The molecule has 13 nitrogen and oxygen atoms in total.